The highest BCUT2D eigenvalue weighted by atomic mass is 32.2. The second kappa shape index (κ2) is 5.30. The molecule has 0 radical (unpaired) electrons. The van der Waals surface area contributed by atoms with Gasteiger partial charge in [-0.05, 0) is 26.0 Å². The number of ether oxygens (including phenoxy) is 1. The van der Waals surface area contributed by atoms with Gasteiger partial charge >= 0.3 is 0 Å². The van der Waals surface area contributed by atoms with Gasteiger partial charge in [-0.15, -0.1) is 0 Å². The molecule has 2 aromatic rings. The molecule has 18 heavy (non-hydrogen) atoms. The first-order chi connectivity index (χ1) is 8.60. The molecule has 0 saturated heterocycles. The predicted octanol–water partition coefficient (Wildman–Crippen LogP) is 1.93. The second-order valence-electron chi connectivity index (χ2n) is 3.82. The number of nitrogens with two attached hydrogens (primary N) is 1. The Labute approximate surface area is 109 Å². The highest BCUT2D eigenvalue weighted by Gasteiger charge is 2.13. The SMILES string of the molecule is CCOc1ccc2nc(S[C@H](C)C(N)=O)[nH]c2c1. The number of nitrogens with zero attached hydrogens (tertiary/aromatic N) is 1. The Balaban J connectivity index is 2.24. The number of primary amides is 1. The van der Waals surface area contributed by atoms with E-state index in [9.17, 15) is 4.79 Å². The average Bonchev–Trinajstić information content (AvgIpc) is 2.70. The van der Waals surface area contributed by atoms with Gasteiger partial charge in [-0.1, -0.05) is 11.8 Å². The molecule has 5 nitrogen and oxygen atoms in total. The Morgan fingerprint density at radius 3 is 3.06 bits per heavy atom. The number of aromatic amines is 1. The molecule has 0 bridgehead atoms. The number of thioether (sulfide) groups is 1. The van der Waals surface area contributed by atoms with E-state index in [0.717, 1.165) is 16.8 Å². The fourth-order valence-electron chi connectivity index (χ4n) is 1.50. The third-order valence-electron chi connectivity index (χ3n) is 2.43. The Kier molecular flexibility index (Phi) is 3.76. The number of amides is 1. The molecule has 0 aliphatic heterocycles. The largest absolute Gasteiger partial charge is 0.494 e. The molecule has 0 aliphatic carbocycles. The number of nitrogens with one attached hydrogen (secondary N) is 1. The summed E-state index contributed by atoms with van der Waals surface area (Å²) in [5.74, 6) is 0.448. The normalized spacial score (nSPS) is 12.6. The van der Waals surface area contributed by atoms with E-state index in [-0.39, 0.29) is 11.2 Å². The van der Waals surface area contributed by atoms with Crippen molar-refractivity contribution < 1.29 is 9.53 Å². The van der Waals surface area contributed by atoms with E-state index in [0.29, 0.717) is 11.8 Å². The number of carbonyl (C=O) groups excluding carboxylic acids is 1. The van der Waals surface area contributed by atoms with Gasteiger partial charge in [0.05, 0.1) is 22.9 Å². The van der Waals surface area contributed by atoms with Gasteiger partial charge < -0.3 is 15.5 Å². The van der Waals surface area contributed by atoms with Gasteiger partial charge in [0.1, 0.15) is 5.75 Å². The summed E-state index contributed by atoms with van der Waals surface area (Å²) in [6, 6.07) is 5.65. The van der Waals surface area contributed by atoms with Crippen molar-refractivity contribution in [3.05, 3.63) is 18.2 Å². The van der Waals surface area contributed by atoms with Gasteiger partial charge in [0.15, 0.2) is 5.16 Å². The maximum atomic E-state index is 11.0. The lowest BCUT2D eigenvalue weighted by molar-refractivity contribution is -0.117. The van der Waals surface area contributed by atoms with E-state index < -0.39 is 0 Å². The van der Waals surface area contributed by atoms with Crippen molar-refractivity contribution in [3.63, 3.8) is 0 Å². The molecule has 1 aromatic carbocycles. The second-order valence-corrected chi connectivity index (χ2v) is 5.15. The average molecular weight is 265 g/mol. The molecule has 96 valence electrons. The number of carbonyl (C=O) groups is 1. The number of aromatic nitrogens is 2. The third kappa shape index (κ3) is 2.76. The van der Waals surface area contributed by atoms with Crippen LogP contribution in [0.4, 0.5) is 0 Å². The van der Waals surface area contributed by atoms with Crippen LogP contribution in [-0.2, 0) is 4.79 Å². The third-order valence-corrected chi connectivity index (χ3v) is 3.43. The molecule has 1 atom stereocenters. The molecule has 0 fully saturated rings. The van der Waals surface area contributed by atoms with Gasteiger partial charge in [-0.25, -0.2) is 4.98 Å². The van der Waals surface area contributed by atoms with Crippen molar-refractivity contribution in [2.45, 2.75) is 24.3 Å². The Morgan fingerprint density at radius 1 is 1.61 bits per heavy atom. The van der Waals surface area contributed by atoms with E-state index in [4.69, 9.17) is 10.5 Å². The number of imidazole rings is 1. The Bertz CT molecular complexity index is 567. The molecular weight excluding hydrogens is 250 g/mol. The summed E-state index contributed by atoms with van der Waals surface area (Å²) < 4.78 is 5.41. The lowest BCUT2D eigenvalue weighted by Crippen LogP contribution is -2.22. The summed E-state index contributed by atoms with van der Waals surface area (Å²) in [4.78, 5) is 18.5. The maximum absolute atomic E-state index is 11.0. The van der Waals surface area contributed by atoms with Crippen molar-refractivity contribution in [2.75, 3.05) is 6.61 Å². The highest BCUT2D eigenvalue weighted by molar-refractivity contribution is 8.00. The fourth-order valence-corrected chi connectivity index (χ4v) is 2.27. The molecule has 0 unspecified atom stereocenters. The van der Waals surface area contributed by atoms with Crippen molar-refractivity contribution in [1.29, 1.82) is 0 Å². The first kappa shape index (κ1) is 12.8. The Hall–Kier alpha value is -1.69. The molecule has 1 amide bonds. The number of H-pyrrole nitrogens is 1. The molecular formula is C12H15N3O2S. The molecule has 3 N–H and O–H groups in total. The smallest absolute Gasteiger partial charge is 0.230 e. The van der Waals surface area contributed by atoms with Crippen molar-refractivity contribution in [1.82, 2.24) is 9.97 Å². The minimum absolute atomic E-state index is 0.308. The van der Waals surface area contributed by atoms with Crippen LogP contribution < -0.4 is 10.5 Å². The zero-order chi connectivity index (χ0) is 13.1. The predicted molar refractivity (Wildman–Crippen MR) is 71.8 cm³/mol. The molecule has 2 rings (SSSR count). The van der Waals surface area contributed by atoms with Crippen LogP contribution in [0.5, 0.6) is 5.75 Å². The molecule has 0 aliphatic rings. The van der Waals surface area contributed by atoms with Crippen LogP contribution in [0.25, 0.3) is 11.0 Å². The van der Waals surface area contributed by atoms with Crippen LogP contribution in [0.15, 0.2) is 23.4 Å². The zero-order valence-corrected chi connectivity index (χ0v) is 11.1. The van der Waals surface area contributed by atoms with E-state index in [1.165, 1.54) is 11.8 Å². The molecule has 6 heteroatoms. The summed E-state index contributed by atoms with van der Waals surface area (Å²) in [7, 11) is 0. The highest BCUT2D eigenvalue weighted by Crippen LogP contribution is 2.25. The van der Waals surface area contributed by atoms with Gasteiger partial charge in [-0.3, -0.25) is 4.79 Å². The summed E-state index contributed by atoms with van der Waals surface area (Å²) >= 11 is 1.31. The van der Waals surface area contributed by atoms with Crippen LogP contribution in [-0.4, -0.2) is 27.7 Å². The van der Waals surface area contributed by atoms with E-state index in [1.54, 1.807) is 6.92 Å². The minimum atomic E-state index is -0.351. The van der Waals surface area contributed by atoms with Crippen LogP contribution in [0.3, 0.4) is 0 Å². The van der Waals surface area contributed by atoms with E-state index >= 15 is 0 Å². The van der Waals surface area contributed by atoms with Crippen molar-refractivity contribution >= 4 is 28.7 Å². The first-order valence-corrected chi connectivity index (χ1v) is 6.56. The van der Waals surface area contributed by atoms with Gasteiger partial charge in [-0.2, -0.15) is 0 Å². The van der Waals surface area contributed by atoms with Crippen LogP contribution in [0.1, 0.15) is 13.8 Å². The molecule has 1 heterocycles. The lowest BCUT2D eigenvalue weighted by atomic mass is 10.3. The molecule has 0 spiro atoms. The first-order valence-electron chi connectivity index (χ1n) is 5.68. The number of hydrogen-bond donors (Lipinski definition) is 2. The van der Waals surface area contributed by atoms with Crippen molar-refractivity contribution in [3.8, 4) is 5.75 Å². The van der Waals surface area contributed by atoms with Crippen LogP contribution in [0.2, 0.25) is 0 Å². The maximum Gasteiger partial charge on any atom is 0.230 e. The number of fused-ring (bicyclic) bond motifs is 1. The van der Waals surface area contributed by atoms with E-state index in [2.05, 4.69) is 9.97 Å². The topological polar surface area (TPSA) is 81.0 Å². The van der Waals surface area contributed by atoms with Gasteiger partial charge in [0.25, 0.3) is 0 Å². The van der Waals surface area contributed by atoms with Crippen LogP contribution >= 0.6 is 11.8 Å². The summed E-state index contributed by atoms with van der Waals surface area (Å²) in [5, 5.41) is 0.377. The summed E-state index contributed by atoms with van der Waals surface area (Å²) in [6.07, 6.45) is 0. The van der Waals surface area contributed by atoms with E-state index in [1.807, 2.05) is 25.1 Å². The summed E-state index contributed by atoms with van der Waals surface area (Å²) in [5.41, 5.74) is 6.95. The lowest BCUT2D eigenvalue weighted by Gasteiger charge is -2.02. The summed E-state index contributed by atoms with van der Waals surface area (Å²) in [6.45, 7) is 4.32. The van der Waals surface area contributed by atoms with Crippen LogP contribution in [0, 0.1) is 0 Å². The fraction of sp³-hybridized carbons (Fsp3) is 0.333. The number of benzene rings is 1. The van der Waals surface area contributed by atoms with Gasteiger partial charge in [0.2, 0.25) is 5.91 Å². The molecule has 1 aromatic heterocycles. The zero-order valence-electron chi connectivity index (χ0n) is 10.3. The Morgan fingerprint density at radius 2 is 2.39 bits per heavy atom. The minimum Gasteiger partial charge on any atom is -0.494 e. The number of hydrogen-bond acceptors (Lipinski definition) is 4. The standard InChI is InChI=1S/C12H15N3O2S/c1-3-17-8-4-5-9-10(6-8)15-12(14-9)18-7(2)11(13)16/h4-7H,3H2,1-2H3,(H2,13,16)(H,14,15)/t7-/m1/s1. The van der Waals surface area contributed by atoms with Crippen molar-refractivity contribution in [2.24, 2.45) is 5.73 Å². The monoisotopic (exact) mass is 265 g/mol. The van der Waals surface area contributed by atoms with Gasteiger partial charge in [0, 0.05) is 6.07 Å². The quantitative estimate of drug-likeness (QED) is 0.809. The molecule has 0 saturated carbocycles. The number of rotatable bonds is 5.